The molecule has 0 bridgehead atoms. The molecule has 2 aromatic carbocycles. The van der Waals surface area contributed by atoms with Crippen molar-refractivity contribution in [1.82, 2.24) is 9.62 Å². The van der Waals surface area contributed by atoms with E-state index < -0.39 is 10.0 Å². The van der Waals surface area contributed by atoms with Crippen LogP contribution in [0.15, 0.2) is 53.4 Å². The molecular formula is C19H21ClN2O3S. The molecule has 7 heteroatoms. The summed E-state index contributed by atoms with van der Waals surface area (Å²) >= 11 is 5.81. The Morgan fingerprint density at radius 2 is 1.77 bits per heavy atom. The molecule has 0 aromatic heterocycles. The molecule has 1 aliphatic rings. The second-order valence-corrected chi connectivity index (χ2v) is 8.66. The topological polar surface area (TPSA) is 66.5 Å². The van der Waals surface area contributed by atoms with Crippen LogP contribution in [0, 0.1) is 6.92 Å². The highest BCUT2D eigenvalue weighted by atomic mass is 35.5. The predicted molar refractivity (Wildman–Crippen MR) is 102 cm³/mol. The highest BCUT2D eigenvalue weighted by Crippen LogP contribution is 2.18. The van der Waals surface area contributed by atoms with Crippen LogP contribution in [0.4, 0.5) is 0 Å². The number of rotatable bonds is 4. The van der Waals surface area contributed by atoms with Gasteiger partial charge in [0.25, 0.3) is 5.91 Å². The number of nitrogens with zero attached hydrogens (tertiary/aromatic N) is 1. The van der Waals surface area contributed by atoms with Crippen molar-refractivity contribution in [1.29, 1.82) is 0 Å². The summed E-state index contributed by atoms with van der Waals surface area (Å²) in [4.78, 5) is 14.5. The largest absolute Gasteiger partial charge is 0.339 e. The van der Waals surface area contributed by atoms with Gasteiger partial charge in [0.1, 0.15) is 0 Å². The molecule has 1 aliphatic heterocycles. The van der Waals surface area contributed by atoms with Gasteiger partial charge in [-0.2, -0.15) is 0 Å². The standard InChI is InChI=1S/C19H21ClN2O3S/c1-14-3-2-4-15(13-14)19(23)22-11-9-17(10-12-22)21-26(24,25)18-7-5-16(20)6-8-18/h2-8,13,17,21H,9-12H2,1H3. The maximum absolute atomic E-state index is 12.6. The van der Waals surface area contributed by atoms with E-state index in [4.69, 9.17) is 11.6 Å². The number of amides is 1. The quantitative estimate of drug-likeness (QED) is 0.868. The first-order valence-corrected chi connectivity index (χ1v) is 10.3. The fraction of sp³-hybridized carbons (Fsp3) is 0.316. The number of piperidine rings is 1. The summed E-state index contributed by atoms with van der Waals surface area (Å²) in [6, 6.07) is 13.4. The van der Waals surface area contributed by atoms with Crippen LogP contribution >= 0.6 is 11.6 Å². The van der Waals surface area contributed by atoms with Gasteiger partial charge in [0, 0.05) is 29.7 Å². The van der Waals surface area contributed by atoms with Gasteiger partial charge in [-0.05, 0) is 56.2 Å². The molecule has 2 aromatic rings. The van der Waals surface area contributed by atoms with Crippen LogP contribution in [-0.4, -0.2) is 38.4 Å². The van der Waals surface area contributed by atoms with Crippen molar-refractivity contribution in [3.8, 4) is 0 Å². The van der Waals surface area contributed by atoms with Crippen molar-refractivity contribution in [2.24, 2.45) is 0 Å². The zero-order valence-corrected chi connectivity index (χ0v) is 16.1. The van der Waals surface area contributed by atoms with Gasteiger partial charge in [-0.1, -0.05) is 29.3 Å². The van der Waals surface area contributed by atoms with E-state index in [2.05, 4.69) is 4.72 Å². The minimum atomic E-state index is -3.58. The molecule has 1 amide bonds. The zero-order chi connectivity index (χ0) is 18.7. The first kappa shape index (κ1) is 18.9. The number of hydrogen-bond donors (Lipinski definition) is 1. The van der Waals surface area contributed by atoms with Crippen molar-refractivity contribution in [3.05, 3.63) is 64.7 Å². The lowest BCUT2D eigenvalue weighted by Crippen LogP contribution is -2.46. The summed E-state index contributed by atoms with van der Waals surface area (Å²) in [6.07, 6.45) is 1.18. The fourth-order valence-corrected chi connectivity index (χ4v) is 4.49. The summed E-state index contributed by atoms with van der Waals surface area (Å²) in [5.74, 6) is -0.00675. The van der Waals surface area contributed by atoms with Gasteiger partial charge in [0.2, 0.25) is 10.0 Å². The molecule has 0 saturated carbocycles. The SMILES string of the molecule is Cc1cccc(C(=O)N2CCC(NS(=O)(=O)c3ccc(Cl)cc3)CC2)c1. The molecular weight excluding hydrogens is 372 g/mol. The molecule has 1 N–H and O–H groups in total. The van der Waals surface area contributed by atoms with Gasteiger partial charge in [-0.3, -0.25) is 4.79 Å². The minimum absolute atomic E-state index is 0.00675. The van der Waals surface area contributed by atoms with Crippen molar-refractivity contribution >= 4 is 27.5 Å². The smallest absolute Gasteiger partial charge is 0.253 e. The molecule has 3 rings (SSSR count). The van der Waals surface area contributed by atoms with E-state index in [-0.39, 0.29) is 16.8 Å². The Labute approximate surface area is 159 Å². The zero-order valence-electron chi connectivity index (χ0n) is 14.5. The molecule has 1 saturated heterocycles. The minimum Gasteiger partial charge on any atom is -0.339 e. The van der Waals surface area contributed by atoms with Crippen LogP contribution in [0.3, 0.4) is 0 Å². The van der Waals surface area contributed by atoms with Crippen LogP contribution in [0.5, 0.6) is 0 Å². The van der Waals surface area contributed by atoms with Crippen LogP contribution in [0.2, 0.25) is 5.02 Å². The number of aryl methyl sites for hydroxylation is 1. The fourth-order valence-electron chi connectivity index (χ4n) is 3.06. The molecule has 138 valence electrons. The van der Waals surface area contributed by atoms with Crippen LogP contribution in [-0.2, 0) is 10.0 Å². The lowest BCUT2D eigenvalue weighted by atomic mass is 10.0. The Balaban J connectivity index is 1.60. The Bertz CT molecular complexity index is 889. The number of likely N-dealkylation sites (tertiary alicyclic amines) is 1. The maximum Gasteiger partial charge on any atom is 0.253 e. The molecule has 0 spiro atoms. The summed E-state index contributed by atoms with van der Waals surface area (Å²) in [6.45, 7) is 3.01. The van der Waals surface area contributed by atoms with E-state index >= 15 is 0 Å². The number of benzene rings is 2. The molecule has 0 unspecified atom stereocenters. The maximum atomic E-state index is 12.6. The van der Waals surface area contributed by atoms with E-state index in [0.717, 1.165) is 5.56 Å². The second-order valence-electron chi connectivity index (χ2n) is 6.51. The average molecular weight is 393 g/mol. The van der Waals surface area contributed by atoms with Gasteiger partial charge in [-0.25, -0.2) is 13.1 Å². The van der Waals surface area contributed by atoms with E-state index in [1.165, 1.54) is 12.1 Å². The van der Waals surface area contributed by atoms with Crippen molar-refractivity contribution in [2.75, 3.05) is 13.1 Å². The molecule has 0 aliphatic carbocycles. The van der Waals surface area contributed by atoms with Crippen LogP contribution in [0.1, 0.15) is 28.8 Å². The third-order valence-corrected chi connectivity index (χ3v) is 6.28. The van der Waals surface area contributed by atoms with Crippen molar-refractivity contribution < 1.29 is 13.2 Å². The molecule has 0 atom stereocenters. The third kappa shape index (κ3) is 4.44. The van der Waals surface area contributed by atoms with E-state index in [1.54, 1.807) is 17.0 Å². The number of halogens is 1. The number of carbonyl (C=O) groups is 1. The second kappa shape index (κ2) is 7.78. The highest BCUT2D eigenvalue weighted by molar-refractivity contribution is 7.89. The molecule has 1 heterocycles. The van der Waals surface area contributed by atoms with E-state index in [9.17, 15) is 13.2 Å². The van der Waals surface area contributed by atoms with Crippen LogP contribution < -0.4 is 4.72 Å². The van der Waals surface area contributed by atoms with E-state index in [0.29, 0.717) is 36.5 Å². The molecule has 0 radical (unpaired) electrons. The predicted octanol–water partition coefficient (Wildman–Crippen LogP) is 3.23. The number of sulfonamides is 1. The van der Waals surface area contributed by atoms with Gasteiger partial charge in [0.05, 0.1) is 4.90 Å². The number of hydrogen-bond acceptors (Lipinski definition) is 3. The summed E-state index contributed by atoms with van der Waals surface area (Å²) in [5.41, 5.74) is 1.71. The molecule has 26 heavy (non-hydrogen) atoms. The number of nitrogens with one attached hydrogen (secondary N) is 1. The summed E-state index contributed by atoms with van der Waals surface area (Å²) in [7, 11) is -3.58. The Hall–Kier alpha value is -1.89. The van der Waals surface area contributed by atoms with Crippen molar-refractivity contribution in [2.45, 2.75) is 30.7 Å². The lowest BCUT2D eigenvalue weighted by Gasteiger charge is -2.32. The van der Waals surface area contributed by atoms with Gasteiger partial charge >= 0.3 is 0 Å². The van der Waals surface area contributed by atoms with Gasteiger partial charge in [0.15, 0.2) is 0 Å². The Kier molecular flexibility index (Phi) is 5.65. The summed E-state index contributed by atoms with van der Waals surface area (Å²) in [5, 5.41) is 0.493. The molecule has 1 fully saturated rings. The van der Waals surface area contributed by atoms with E-state index in [1.807, 2.05) is 31.2 Å². The average Bonchev–Trinajstić information content (AvgIpc) is 2.62. The normalized spacial score (nSPS) is 15.8. The first-order valence-electron chi connectivity index (χ1n) is 8.49. The van der Waals surface area contributed by atoms with Crippen molar-refractivity contribution in [3.63, 3.8) is 0 Å². The third-order valence-electron chi connectivity index (χ3n) is 4.49. The Morgan fingerprint density at radius 3 is 2.38 bits per heavy atom. The number of carbonyl (C=O) groups excluding carboxylic acids is 1. The highest BCUT2D eigenvalue weighted by Gasteiger charge is 2.27. The van der Waals surface area contributed by atoms with Gasteiger partial charge < -0.3 is 4.90 Å². The van der Waals surface area contributed by atoms with Gasteiger partial charge in [-0.15, -0.1) is 0 Å². The summed E-state index contributed by atoms with van der Waals surface area (Å²) < 4.78 is 27.6. The first-order chi connectivity index (χ1) is 12.3. The lowest BCUT2D eigenvalue weighted by molar-refractivity contribution is 0.0711. The Morgan fingerprint density at radius 1 is 1.12 bits per heavy atom. The monoisotopic (exact) mass is 392 g/mol. The van der Waals surface area contributed by atoms with Crippen LogP contribution in [0.25, 0.3) is 0 Å². The molecule has 5 nitrogen and oxygen atoms in total.